The second-order valence-corrected chi connectivity index (χ2v) is 12.4. The zero-order chi connectivity index (χ0) is 29.7. The Morgan fingerprint density at radius 1 is 0.951 bits per heavy atom. The monoisotopic (exact) mass is 595 g/mol. The summed E-state index contributed by atoms with van der Waals surface area (Å²) in [6, 6.07) is 17.0. The number of nitrogens with one attached hydrogen (secondary N) is 3. The standard InChI is InChI=1S/C29H33N5O5S2/c1-5-13-30-27-28(33-40(37)32-27)31-24-8-6-7-23(17-24)22-11-9-21(10-12-22)16-25(29(35)36)34-41(38,39)26-19(3)14-18(2)15-20(26)4/h6-12,14-15,17,25,34H,5,13,16H2,1-4H3,(H,30,32)(H,31,33)(H,35,36). The van der Waals surface area contributed by atoms with Gasteiger partial charge in [0.15, 0.2) is 11.7 Å². The van der Waals surface area contributed by atoms with Gasteiger partial charge in [0.05, 0.1) is 4.90 Å². The number of carbonyl (C=O) groups is 1. The molecule has 2 atom stereocenters. The summed E-state index contributed by atoms with van der Waals surface area (Å²) in [7, 11) is -4.06. The van der Waals surface area contributed by atoms with E-state index in [4.69, 9.17) is 0 Å². The van der Waals surface area contributed by atoms with E-state index >= 15 is 0 Å². The number of carboxylic acids is 1. The largest absolute Gasteiger partial charge is 0.480 e. The summed E-state index contributed by atoms with van der Waals surface area (Å²) >= 11 is -1.67. The molecule has 0 spiro atoms. The number of rotatable bonds is 10. The molecule has 0 radical (unpaired) electrons. The van der Waals surface area contributed by atoms with Gasteiger partial charge in [0.25, 0.3) is 11.2 Å². The Kier molecular flexibility index (Phi) is 9.36. The van der Waals surface area contributed by atoms with Crippen LogP contribution in [0.15, 0.2) is 74.4 Å². The lowest BCUT2D eigenvalue weighted by Crippen LogP contribution is -2.42. The molecule has 3 aromatic carbocycles. The second-order valence-electron chi connectivity index (χ2n) is 9.88. The van der Waals surface area contributed by atoms with Gasteiger partial charge < -0.3 is 15.7 Å². The van der Waals surface area contributed by atoms with Crippen LogP contribution in [0.2, 0.25) is 0 Å². The number of nitrogens with zero attached hydrogens (tertiary/aromatic N) is 2. The van der Waals surface area contributed by atoms with Gasteiger partial charge in [0.2, 0.25) is 10.0 Å². The van der Waals surface area contributed by atoms with Crippen LogP contribution in [0.1, 0.15) is 35.6 Å². The Balaban J connectivity index is 1.48. The van der Waals surface area contributed by atoms with Crippen LogP contribution in [0.25, 0.3) is 11.1 Å². The predicted molar refractivity (Wildman–Crippen MR) is 163 cm³/mol. The first-order valence-electron chi connectivity index (χ1n) is 13.1. The summed E-state index contributed by atoms with van der Waals surface area (Å²) in [6.45, 7) is 7.98. The maximum absolute atomic E-state index is 13.2. The van der Waals surface area contributed by atoms with Gasteiger partial charge in [-0.05, 0) is 73.6 Å². The fourth-order valence-corrected chi connectivity index (χ4v) is 6.98. The van der Waals surface area contributed by atoms with Crippen LogP contribution in [0.5, 0.6) is 0 Å². The van der Waals surface area contributed by atoms with Crippen molar-refractivity contribution in [2.75, 3.05) is 11.9 Å². The number of amidine groups is 2. The molecule has 4 N–H and O–H groups in total. The van der Waals surface area contributed by atoms with Crippen molar-refractivity contribution in [1.29, 1.82) is 0 Å². The minimum absolute atomic E-state index is 0.0236. The Hall–Kier alpha value is -3.87. The van der Waals surface area contributed by atoms with Crippen LogP contribution in [0.3, 0.4) is 0 Å². The number of anilines is 1. The molecule has 1 heterocycles. The maximum atomic E-state index is 13.2. The first kappa shape index (κ1) is 30.1. The van der Waals surface area contributed by atoms with Gasteiger partial charge in [-0.25, -0.2) is 12.6 Å². The number of hydrogen-bond acceptors (Lipinski definition) is 6. The molecule has 41 heavy (non-hydrogen) atoms. The quantitative estimate of drug-likeness (QED) is 0.276. The van der Waals surface area contributed by atoms with Crippen LogP contribution in [0.4, 0.5) is 5.69 Å². The van der Waals surface area contributed by atoms with Crippen molar-refractivity contribution in [3.63, 3.8) is 0 Å². The van der Waals surface area contributed by atoms with Gasteiger partial charge in [-0.3, -0.25) is 4.79 Å². The normalized spacial score (nSPS) is 15.7. The summed E-state index contributed by atoms with van der Waals surface area (Å²) in [6.07, 6.45) is 0.861. The molecule has 0 amide bonds. The first-order valence-corrected chi connectivity index (χ1v) is 15.6. The topological polar surface area (TPSA) is 149 Å². The molecule has 2 unspecified atom stereocenters. The molecule has 0 saturated heterocycles. The third-order valence-electron chi connectivity index (χ3n) is 6.43. The molecule has 0 fully saturated rings. The fourth-order valence-electron chi connectivity index (χ4n) is 4.70. The van der Waals surface area contributed by atoms with E-state index in [0.717, 1.165) is 28.8 Å². The zero-order valence-electron chi connectivity index (χ0n) is 23.3. The van der Waals surface area contributed by atoms with Crippen molar-refractivity contribution >= 4 is 44.5 Å². The first-order chi connectivity index (χ1) is 19.5. The number of aliphatic carboxylic acids is 1. The third-order valence-corrected chi connectivity index (χ3v) is 8.88. The summed E-state index contributed by atoms with van der Waals surface area (Å²) in [5.74, 6) is -0.398. The van der Waals surface area contributed by atoms with Crippen LogP contribution in [0, 0.1) is 20.8 Å². The van der Waals surface area contributed by atoms with Crippen LogP contribution in [-0.2, 0) is 32.4 Å². The lowest BCUT2D eigenvalue weighted by Gasteiger charge is -2.18. The zero-order valence-corrected chi connectivity index (χ0v) is 24.9. The Labute approximate surface area is 242 Å². The summed E-state index contributed by atoms with van der Waals surface area (Å²) in [4.78, 5) is 12.1. The minimum Gasteiger partial charge on any atom is -0.480 e. The van der Waals surface area contributed by atoms with Crippen LogP contribution < -0.4 is 15.4 Å². The van der Waals surface area contributed by atoms with Gasteiger partial charge in [0, 0.05) is 12.2 Å². The van der Waals surface area contributed by atoms with E-state index in [2.05, 4.69) is 24.2 Å². The molecule has 1 aliphatic heterocycles. The summed E-state index contributed by atoms with van der Waals surface area (Å²) in [5.41, 5.74) is 5.23. The van der Waals surface area contributed by atoms with Gasteiger partial charge in [0.1, 0.15) is 6.04 Å². The maximum Gasteiger partial charge on any atom is 0.322 e. The highest BCUT2D eigenvalue weighted by molar-refractivity contribution is 7.89. The van der Waals surface area contributed by atoms with Gasteiger partial charge >= 0.3 is 5.97 Å². The second kappa shape index (κ2) is 12.8. The van der Waals surface area contributed by atoms with E-state index < -0.39 is 33.2 Å². The molecule has 10 nitrogen and oxygen atoms in total. The highest BCUT2D eigenvalue weighted by atomic mass is 32.2. The lowest BCUT2D eigenvalue weighted by molar-refractivity contribution is -0.138. The highest BCUT2D eigenvalue weighted by Crippen LogP contribution is 2.25. The van der Waals surface area contributed by atoms with Gasteiger partial charge in [-0.15, -0.1) is 8.80 Å². The smallest absolute Gasteiger partial charge is 0.322 e. The molecular weight excluding hydrogens is 562 g/mol. The predicted octanol–water partition coefficient (Wildman–Crippen LogP) is 4.05. The number of carboxylic acid groups (broad SMARTS) is 1. The van der Waals surface area contributed by atoms with E-state index in [9.17, 15) is 22.5 Å². The molecule has 12 heteroatoms. The van der Waals surface area contributed by atoms with Crippen molar-refractivity contribution in [3.8, 4) is 11.1 Å². The van der Waals surface area contributed by atoms with Gasteiger partial charge in [-0.2, -0.15) is 4.72 Å². The third kappa shape index (κ3) is 7.46. The van der Waals surface area contributed by atoms with E-state index in [1.165, 1.54) is 0 Å². The average Bonchev–Trinajstić information content (AvgIpc) is 3.25. The van der Waals surface area contributed by atoms with Gasteiger partial charge in [-0.1, -0.05) is 61.0 Å². The number of sulfonamides is 1. The Morgan fingerprint density at radius 3 is 2.24 bits per heavy atom. The van der Waals surface area contributed by atoms with Crippen molar-refractivity contribution in [3.05, 3.63) is 82.9 Å². The van der Waals surface area contributed by atoms with Crippen molar-refractivity contribution in [2.45, 2.75) is 51.5 Å². The minimum atomic E-state index is -4.06. The molecular formula is C29H33N5O5S2. The van der Waals surface area contributed by atoms with Crippen molar-refractivity contribution < 1.29 is 22.5 Å². The average molecular weight is 596 g/mol. The van der Waals surface area contributed by atoms with E-state index in [-0.39, 0.29) is 11.3 Å². The molecule has 1 aliphatic rings. The van der Waals surface area contributed by atoms with Crippen LogP contribution >= 0.6 is 0 Å². The number of hydrogen-bond donors (Lipinski definition) is 4. The molecule has 4 rings (SSSR count). The fraction of sp³-hybridized carbons (Fsp3) is 0.276. The number of benzene rings is 3. The Bertz CT molecular complexity index is 1630. The van der Waals surface area contributed by atoms with Crippen molar-refractivity contribution in [2.24, 2.45) is 8.80 Å². The molecule has 0 aliphatic carbocycles. The number of aryl methyl sites for hydroxylation is 3. The summed E-state index contributed by atoms with van der Waals surface area (Å²) < 4.78 is 48.6. The van der Waals surface area contributed by atoms with Crippen LogP contribution in [-0.4, -0.2) is 48.0 Å². The molecule has 216 valence electrons. The lowest BCUT2D eigenvalue weighted by atomic mass is 10.0. The molecule has 0 aromatic heterocycles. The summed E-state index contributed by atoms with van der Waals surface area (Å²) in [5, 5.41) is 16.1. The molecule has 0 saturated carbocycles. The molecule has 3 aromatic rings. The van der Waals surface area contributed by atoms with E-state index in [1.807, 2.05) is 50.2 Å². The van der Waals surface area contributed by atoms with Crippen molar-refractivity contribution in [1.82, 2.24) is 10.0 Å². The van der Waals surface area contributed by atoms with E-state index in [1.54, 1.807) is 38.1 Å². The Morgan fingerprint density at radius 2 is 1.61 bits per heavy atom. The molecule has 0 bridgehead atoms. The van der Waals surface area contributed by atoms with E-state index in [0.29, 0.717) is 34.9 Å². The SMILES string of the molecule is CCCNC1=NS(=O)N=C1Nc1cccc(-c2ccc(CC(NS(=O)(=O)c3c(C)cc(C)cc3C)C(=O)O)cc2)c1. The highest BCUT2D eigenvalue weighted by Gasteiger charge is 2.28.